The third kappa shape index (κ3) is 7.53. The quantitative estimate of drug-likeness (QED) is 0.354. The number of esters is 1. The molecule has 3 rings (SSSR count). The predicted molar refractivity (Wildman–Crippen MR) is 129 cm³/mol. The number of fused-ring (bicyclic) bond motifs is 1. The number of carboxylic acid groups (broad SMARTS) is 1. The van der Waals surface area contributed by atoms with Gasteiger partial charge >= 0.3 is 11.9 Å². The Kier molecular flexibility index (Phi) is 8.87. The molecule has 2 aromatic rings. The Balaban J connectivity index is 1.60. The molecule has 3 N–H and O–H groups in total. The predicted octanol–water partition coefficient (Wildman–Crippen LogP) is 1.62. The van der Waals surface area contributed by atoms with Crippen molar-refractivity contribution in [1.82, 2.24) is 20.7 Å². The number of hydrogen-bond acceptors (Lipinski definition) is 9. The number of ether oxygens (including phenoxy) is 2. The van der Waals surface area contributed by atoms with Gasteiger partial charge in [-0.3, -0.25) is 19.2 Å². The molecular weight excluding hydrogens is 484 g/mol. The molecule has 12 heteroatoms. The van der Waals surface area contributed by atoms with Gasteiger partial charge in [0.2, 0.25) is 5.91 Å². The molecule has 0 aliphatic carbocycles. The van der Waals surface area contributed by atoms with E-state index in [4.69, 9.17) is 19.1 Å². The van der Waals surface area contributed by atoms with E-state index >= 15 is 0 Å². The summed E-state index contributed by atoms with van der Waals surface area (Å²) in [7, 11) is 1.44. The normalized spacial score (nSPS) is 13.7. The topological polar surface area (TPSA) is 160 Å². The van der Waals surface area contributed by atoms with Crippen LogP contribution in [0.25, 0.3) is 0 Å². The van der Waals surface area contributed by atoms with Gasteiger partial charge in [-0.1, -0.05) is 11.2 Å². The molecule has 1 aliphatic heterocycles. The minimum absolute atomic E-state index is 0.00622. The maximum atomic E-state index is 13.0. The number of benzene rings is 1. The maximum absolute atomic E-state index is 13.0. The fraction of sp³-hybridized carbons (Fsp3) is 0.480. The first-order valence-electron chi connectivity index (χ1n) is 11.8. The number of aromatic nitrogens is 1. The molecule has 0 spiro atoms. The molecule has 0 radical (unpaired) electrons. The zero-order chi connectivity index (χ0) is 27.2. The first-order valence-corrected chi connectivity index (χ1v) is 11.8. The summed E-state index contributed by atoms with van der Waals surface area (Å²) >= 11 is 0. The second kappa shape index (κ2) is 11.9. The van der Waals surface area contributed by atoms with Crippen molar-refractivity contribution < 1.29 is 38.3 Å². The Labute approximate surface area is 214 Å². The molecule has 1 aliphatic rings. The Hall–Kier alpha value is -3.93. The highest BCUT2D eigenvalue weighted by molar-refractivity contribution is 6.01. The van der Waals surface area contributed by atoms with E-state index in [1.54, 1.807) is 45.0 Å². The lowest BCUT2D eigenvalue weighted by Crippen LogP contribution is -2.46. The van der Waals surface area contributed by atoms with Gasteiger partial charge in [0.1, 0.15) is 24.0 Å². The minimum Gasteiger partial charge on any atom is -0.485 e. The SMILES string of the molecule is CNC(=O)C(CCC(=O)O)N1Cc2c(OCc3cc(CNCC(=O)OC(C)(C)C)no3)cccc2C1=O. The van der Waals surface area contributed by atoms with E-state index in [0.29, 0.717) is 34.9 Å². The van der Waals surface area contributed by atoms with Crippen LogP contribution in [0.15, 0.2) is 28.8 Å². The highest BCUT2D eigenvalue weighted by Gasteiger charge is 2.37. The van der Waals surface area contributed by atoms with Crippen molar-refractivity contribution in [2.24, 2.45) is 0 Å². The van der Waals surface area contributed by atoms with Gasteiger partial charge in [-0.2, -0.15) is 0 Å². The zero-order valence-electron chi connectivity index (χ0n) is 21.3. The van der Waals surface area contributed by atoms with E-state index in [0.717, 1.165) is 0 Å². The summed E-state index contributed by atoms with van der Waals surface area (Å²) < 4.78 is 16.5. The average molecular weight is 517 g/mol. The van der Waals surface area contributed by atoms with Crippen molar-refractivity contribution in [1.29, 1.82) is 0 Å². The van der Waals surface area contributed by atoms with E-state index in [2.05, 4.69) is 15.8 Å². The molecule has 0 fully saturated rings. The number of aliphatic carboxylic acids is 1. The van der Waals surface area contributed by atoms with Gasteiger partial charge in [-0.25, -0.2) is 0 Å². The molecule has 2 heterocycles. The molecule has 12 nitrogen and oxygen atoms in total. The number of carboxylic acids is 1. The van der Waals surface area contributed by atoms with Crippen molar-refractivity contribution in [3.63, 3.8) is 0 Å². The molecule has 0 saturated carbocycles. The fourth-order valence-electron chi connectivity index (χ4n) is 3.89. The van der Waals surface area contributed by atoms with E-state index in [1.807, 2.05) is 0 Å². The largest absolute Gasteiger partial charge is 0.485 e. The van der Waals surface area contributed by atoms with Crippen LogP contribution in [-0.2, 0) is 38.8 Å². The summed E-state index contributed by atoms with van der Waals surface area (Å²) in [6.45, 7) is 5.86. The lowest BCUT2D eigenvalue weighted by Gasteiger charge is -2.26. The summed E-state index contributed by atoms with van der Waals surface area (Å²) in [5.74, 6) is -1.33. The molecule has 1 atom stereocenters. The molecule has 1 unspecified atom stereocenters. The lowest BCUT2D eigenvalue weighted by atomic mass is 10.1. The van der Waals surface area contributed by atoms with Crippen LogP contribution in [0.1, 0.15) is 61.0 Å². The van der Waals surface area contributed by atoms with Gasteiger partial charge in [-0.05, 0) is 39.3 Å². The zero-order valence-corrected chi connectivity index (χ0v) is 21.3. The van der Waals surface area contributed by atoms with Crippen LogP contribution in [0, 0.1) is 0 Å². The molecule has 0 bridgehead atoms. The second-order valence-electron chi connectivity index (χ2n) is 9.54. The molecule has 0 saturated heterocycles. The summed E-state index contributed by atoms with van der Waals surface area (Å²) in [5.41, 5.74) is 1.02. The van der Waals surface area contributed by atoms with Crippen molar-refractivity contribution in [2.45, 2.75) is 65.0 Å². The highest BCUT2D eigenvalue weighted by atomic mass is 16.6. The van der Waals surface area contributed by atoms with E-state index in [1.165, 1.54) is 11.9 Å². The molecule has 2 amide bonds. The summed E-state index contributed by atoms with van der Waals surface area (Å²) in [5, 5.41) is 18.4. The number of nitrogens with one attached hydrogen (secondary N) is 2. The Morgan fingerprint density at radius 3 is 2.70 bits per heavy atom. The maximum Gasteiger partial charge on any atom is 0.320 e. The number of carbonyl (C=O) groups excluding carboxylic acids is 3. The smallest absolute Gasteiger partial charge is 0.320 e. The van der Waals surface area contributed by atoms with Gasteiger partial charge in [0.25, 0.3) is 5.91 Å². The molecule has 37 heavy (non-hydrogen) atoms. The van der Waals surface area contributed by atoms with Crippen LogP contribution in [0.2, 0.25) is 0 Å². The van der Waals surface area contributed by atoms with Crippen molar-refractivity contribution in [3.8, 4) is 5.75 Å². The summed E-state index contributed by atoms with van der Waals surface area (Å²) in [6, 6.07) is 5.80. The van der Waals surface area contributed by atoms with Gasteiger partial charge in [0, 0.05) is 37.2 Å². The van der Waals surface area contributed by atoms with Crippen LogP contribution in [0.3, 0.4) is 0 Å². The van der Waals surface area contributed by atoms with Crippen molar-refractivity contribution in [2.75, 3.05) is 13.6 Å². The third-order valence-electron chi connectivity index (χ3n) is 5.48. The van der Waals surface area contributed by atoms with Crippen molar-refractivity contribution >= 4 is 23.8 Å². The molecule has 1 aromatic heterocycles. The number of carbonyl (C=O) groups is 4. The first-order chi connectivity index (χ1) is 17.5. The van der Waals surface area contributed by atoms with Gasteiger partial charge < -0.3 is 34.6 Å². The van der Waals surface area contributed by atoms with Crippen LogP contribution >= 0.6 is 0 Å². The Bertz CT molecular complexity index is 1150. The monoisotopic (exact) mass is 516 g/mol. The number of hydrogen-bond donors (Lipinski definition) is 3. The Morgan fingerprint density at radius 2 is 2.03 bits per heavy atom. The van der Waals surface area contributed by atoms with Gasteiger partial charge in [-0.15, -0.1) is 0 Å². The van der Waals surface area contributed by atoms with Crippen LogP contribution in [0.5, 0.6) is 5.75 Å². The standard InChI is InChI=1S/C25H32N4O8/c1-25(2,3)36-22(32)12-27-11-15-10-16(37-28-15)14-35-20-7-5-6-17-18(20)13-29(24(17)34)19(23(33)26-4)8-9-21(30)31/h5-7,10,19,27H,8-9,11-14H2,1-4H3,(H,26,33)(H,30,31). The molecule has 1 aromatic carbocycles. The number of likely N-dealkylation sites (N-methyl/N-ethyl adjacent to an activating group) is 1. The molecule has 200 valence electrons. The fourth-order valence-corrected chi connectivity index (χ4v) is 3.89. The first kappa shape index (κ1) is 27.7. The van der Waals surface area contributed by atoms with Crippen molar-refractivity contribution in [3.05, 3.63) is 46.8 Å². The van der Waals surface area contributed by atoms with Gasteiger partial charge in [0.05, 0.1) is 18.8 Å². The third-order valence-corrected chi connectivity index (χ3v) is 5.48. The van der Waals surface area contributed by atoms with E-state index < -0.39 is 23.5 Å². The van der Waals surface area contributed by atoms with E-state index in [9.17, 15) is 19.2 Å². The van der Waals surface area contributed by atoms with Gasteiger partial charge in [0.15, 0.2) is 5.76 Å². The minimum atomic E-state index is -1.05. The highest BCUT2D eigenvalue weighted by Crippen LogP contribution is 2.33. The number of rotatable bonds is 12. The molecular formula is C25H32N4O8. The van der Waals surface area contributed by atoms with E-state index in [-0.39, 0.29) is 44.4 Å². The van der Waals surface area contributed by atoms with Crippen LogP contribution in [-0.4, -0.2) is 64.2 Å². The average Bonchev–Trinajstić information content (AvgIpc) is 3.41. The lowest BCUT2D eigenvalue weighted by molar-refractivity contribution is -0.153. The number of amides is 2. The van der Waals surface area contributed by atoms with Crippen LogP contribution < -0.4 is 15.4 Å². The number of nitrogens with zero attached hydrogens (tertiary/aromatic N) is 2. The summed E-state index contributed by atoms with van der Waals surface area (Å²) in [6.07, 6.45) is -0.254. The Morgan fingerprint density at radius 1 is 1.27 bits per heavy atom. The van der Waals surface area contributed by atoms with Crippen LogP contribution in [0.4, 0.5) is 0 Å². The summed E-state index contributed by atoms with van der Waals surface area (Å²) in [4.78, 5) is 49.6. The second-order valence-corrected chi connectivity index (χ2v) is 9.54.